The summed E-state index contributed by atoms with van der Waals surface area (Å²) in [7, 11) is 0. The Hall–Kier alpha value is -2.22. The molecule has 2 aromatic rings. The van der Waals surface area contributed by atoms with Crippen molar-refractivity contribution in [3.63, 3.8) is 0 Å². The predicted octanol–water partition coefficient (Wildman–Crippen LogP) is 4.71. The van der Waals surface area contributed by atoms with Gasteiger partial charge in [0.25, 0.3) is 5.91 Å². The maximum atomic E-state index is 13.4. The normalized spacial score (nSPS) is 11.0. The fraction of sp³-hybridized carbons (Fsp3) is 0.0667. The molecule has 9 heteroatoms. The minimum absolute atomic E-state index is 0.0244. The molecular weight excluding hydrogens is 446 g/mol. The Labute approximate surface area is 146 Å². The van der Waals surface area contributed by atoms with E-state index in [9.17, 15) is 26.7 Å². The van der Waals surface area contributed by atoms with E-state index >= 15 is 0 Å². The maximum Gasteiger partial charge on any atom is 0.416 e. The van der Waals surface area contributed by atoms with Gasteiger partial charge in [0.2, 0.25) is 0 Å². The molecule has 0 heterocycles. The van der Waals surface area contributed by atoms with E-state index in [1.54, 1.807) is 28.7 Å². The van der Waals surface area contributed by atoms with Crippen molar-refractivity contribution in [2.24, 2.45) is 0 Å². The molecule has 1 amide bonds. The average Bonchev–Trinajstić information content (AvgIpc) is 2.49. The number of nitriles is 1. The molecule has 3 nitrogen and oxygen atoms in total. The lowest BCUT2D eigenvalue weighted by Gasteiger charge is -2.11. The van der Waals surface area contributed by atoms with Gasteiger partial charge in [-0.1, -0.05) is 0 Å². The predicted molar refractivity (Wildman–Crippen MR) is 83.2 cm³/mol. The summed E-state index contributed by atoms with van der Waals surface area (Å²) < 4.78 is 64.8. The molecule has 0 aromatic heterocycles. The first-order chi connectivity index (χ1) is 11.1. The minimum atomic E-state index is -4.81. The highest BCUT2D eigenvalue weighted by atomic mass is 127. The SMILES string of the molecule is N#Cc1c(F)ccc(NC(=O)c2cc(F)cc(C(F)(F)F)c2)c1I. The second kappa shape index (κ2) is 6.72. The molecule has 0 aliphatic rings. The Bertz CT molecular complexity index is 858. The summed E-state index contributed by atoms with van der Waals surface area (Å²) in [5.41, 5.74) is -2.15. The molecule has 0 spiro atoms. The van der Waals surface area contributed by atoms with Crippen molar-refractivity contribution in [1.82, 2.24) is 0 Å². The molecule has 0 aliphatic carbocycles. The van der Waals surface area contributed by atoms with Crippen LogP contribution < -0.4 is 5.32 Å². The maximum absolute atomic E-state index is 13.4. The lowest BCUT2D eigenvalue weighted by atomic mass is 10.1. The largest absolute Gasteiger partial charge is 0.416 e. The second-order valence-corrected chi connectivity index (χ2v) is 5.65. The van der Waals surface area contributed by atoms with Gasteiger partial charge in [-0.15, -0.1) is 0 Å². The molecule has 2 aromatic carbocycles. The van der Waals surface area contributed by atoms with E-state index in [2.05, 4.69) is 5.32 Å². The van der Waals surface area contributed by atoms with Crippen LogP contribution in [0.2, 0.25) is 0 Å². The second-order valence-electron chi connectivity index (χ2n) is 4.58. The third kappa shape index (κ3) is 3.81. The number of nitrogens with zero attached hydrogens (tertiary/aromatic N) is 1. The molecule has 1 N–H and O–H groups in total. The van der Waals surface area contributed by atoms with Crippen LogP contribution in [0, 0.1) is 26.5 Å². The zero-order valence-corrected chi connectivity index (χ0v) is 13.7. The lowest BCUT2D eigenvalue weighted by molar-refractivity contribution is -0.137. The molecule has 2 rings (SSSR count). The van der Waals surface area contributed by atoms with Gasteiger partial charge in [-0.3, -0.25) is 4.79 Å². The van der Waals surface area contributed by atoms with Gasteiger partial charge < -0.3 is 5.32 Å². The van der Waals surface area contributed by atoms with E-state index in [4.69, 9.17) is 5.26 Å². The first kappa shape index (κ1) is 18.1. The number of carbonyl (C=O) groups is 1. The van der Waals surface area contributed by atoms with Crippen LogP contribution in [-0.2, 0) is 6.18 Å². The third-order valence-corrected chi connectivity index (χ3v) is 4.06. The molecule has 0 radical (unpaired) electrons. The van der Waals surface area contributed by atoms with Gasteiger partial charge in [-0.2, -0.15) is 18.4 Å². The minimum Gasteiger partial charge on any atom is -0.321 e. The molecule has 124 valence electrons. The number of amides is 1. The average molecular weight is 452 g/mol. The lowest BCUT2D eigenvalue weighted by Crippen LogP contribution is -2.16. The highest BCUT2D eigenvalue weighted by molar-refractivity contribution is 14.1. The summed E-state index contributed by atoms with van der Waals surface area (Å²) in [6.45, 7) is 0. The van der Waals surface area contributed by atoms with Crippen LogP contribution in [-0.4, -0.2) is 5.91 Å². The van der Waals surface area contributed by atoms with E-state index < -0.39 is 34.8 Å². The van der Waals surface area contributed by atoms with E-state index in [1.165, 1.54) is 0 Å². The number of hydrogen-bond acceptors (Lipinski definition) is 2. The van der Waals surface area contributed by atoms with Gasteiger partial charge in [-0.25, -0.2) is 8.78 Å². The zero-order chi connectivity index (χ0) is 18.1. The highest BCUT2D eigenvalue weighted by Crippen LogP contribution is 2.31. The topological polar surface area (TPSA) is 52.9 Å². The van der Waals surface area contributed by atoms with Gasteiger partial charge in [0, 0.05) is 5.56 Å². The van der Waals surface area contributed by atoms with E-state index in [0.29, 0.717) is 12.1 Å². The van der Waals surface area contributed by atoms with Gasteiger partial charge in [-0.05, 0) is 52.9 Å². The summed E-state index contributed by atoms with van der Waals surface area (Å²) in [5, 5.41) is 11.1. The fourth-order valence-electron chi connectivity index (χ4n) is 1.83. The van der Waals surface area contributed by atoms with E-state index in [-0.39, 0.29) is 20.9 Å². The van der Waals surface area contributed by atoms with E-state index in [0.717, 1.165) is 12.1 Å². The Morgan fingerprint density at radius 1 is 1.17 bits per heavy atom. The Kier molecular flexibility index (Phi) is 5.08. The Morgan fingerprint density at radius 2 is 1.83 bits per heavy atom. The van der Waals surface area contributed by atoms with Crippen LogP contribution in [0.4, 0.5) is 27.6 Å². The number of nitrogens with one attached hydrogen (secondary N) is 1. The van der Waals surface area contributed by atoms with Crippen LogP contribution in [0.3, 0.4) is 0 Å². The van der Waals surface area contributed by atoms with Crippen molar-refractivity contribution in [1.29, 1.82) is 5.26 Å². The molecule has 0 fully saturated rings. The van der Waals surface area contributed by atoms with Crippen LogP contribution in [0.25, 0.3) is 0 Å². The van der Waals surface area contributed by atoms with Gasteiger partial charge in [0.05, 0.1) is 14.8 Å². The standard InChI is InChI=1S/C15H6F5IN2O/c16-9-4-7(3-8(5-9)15(18,19)20)14(24)23-12-2-1-11(17)10(6-22)13(12)21/h1-5H,(H,23,24). The fourth-order valence-corrected chi connectivity index (χ4v) is 2.52. The van der Waals surface area contributed by atoms with Crippen molar-refractivity contribution >= 4 is 34.2 Å². The molecule has 24 heavy (non-hydrogen) atoms. The van der Waals surface area contributed by atoms with E-state index in [1.807, 2.05) is 0 Å². The van der Waals surface area contributed by atoms with Gasteiger partial charge in [0.15, 0.2) is 0 Å². The number of carbonyl (C=O) groups excluding carboxylic acids is 1. The summed E-state index contributed by atoms with van der Waals surface area (Å²) in [4.78, 5) is 12.1. The zero-order valence-electron chi connectivity index (χ0n) is 11.5. The summed E-state index contributed by atoms with van der Waals surface area (Å²) in [6.07, 6.45) is -4.81. The Morgan fingerprint density at radius 3 is 2.42 bits per heavy atom. The quantitative estimate of drug-likeness (QED) is 0.530. The van der Waals surface area contributed by atoms with Crippen molar-refractivity contribution in [3.8, 4) is 6.07 Å². The van der Waals surface area contributed by atoms with Crippen molar-refractivity contribution in [2.45, 2.75) is 6.18 Å². The molecule has 0 saturated carbocycles. The molecule has 0 bridgehead atoms. The summed E-state index contributed by atoms with van der Waals surface area (Å²) in [5.74, 6) is -3.04. The van der Waals surface area contributed by atoms with Crippen LogP contribution in [0.1, 0.15) is 21.5 Å². The van der Waals surface area contributed by atoms with Crippen molar-refractivity contribution in [3.05, 3.63) is 62.2 Å². The number of halogens is 6. The first-order valence-electron chi connectivity index (χ1n) is 6.20. The molecule has 0 unspecified atom stereocenters. The van der Waals surface area contributed by atoms with Crippen LogP contribution >= 0.6 is 22.6 Å². The summed E-state index contributed by atoms with van der Waals surface area (Å²) >= 11 is 1.61. The van der Waals surface area contributed by atoms with Crippen molar-refractivity contribution in [2.75, 3.05) is 5.32 Å². The van der Waals surface area contributed by atoms with Crippen molar-refractivity contribution < 1.29 is 26.7 Å². The smallest absolute Gasteiger partial charge is 0.321 e. The van der Waals surface area contributed by atoms with Gasteiger partial charge >= 0.3 is 6.18 Å². The number of anilines is 1. The summed E-state index contributed by atoms with van der Waals surface area (Å²) in [6, 6.07) is 5.11. The Balaban J connectivity index is 2.38. The first-order valence-corrected chi connectivity index (χ1v) is 7.28. The van der Waals surface area contributed by atoms with Crippen LogP contribution in [0.5, 0.6) is 0 Å². The number of rotatable bonds is 2. The molecule has 0 aliphatic heterocycles. The van der Waals surface area contributed by atoms with Gasteiger partial charge in [0.1, 0.15) is 23.3 Å². The number of hydrogen-bond donors (Lipinski definition) is 1. The third-order valence-electron chi connectivity index (χ3n) is 2.94. The highest BCUT2D eigenvalue weighted by Gasteiger charge is 2.32. The molecule has 0 atom stereocenters. The monoisotopic (exact) mass is 452 g/mol. The number of benzene rings is 2. The molecular formula is C15H6F5IN2O. The van der Waals surface area contributed by atoms with Crippen LogP contribution in [0.15, 0.2) is 30.3 Å². The number of alkyl halides is 3. The molecule has 0 saturated heterocycles.